The maximum Gasteiger partial charge on any atom is 0.255 e. The minimum atomic E-state index is -0.0418. The molecule has 134 valence electrons. The zero-order valence-corrected chi connectivity index (χ0v) is 16.2. The summed E-state index contributed by atoms with van der Waals surface area (Å²) in [7, 11) is 3.54. The third kappa shape index (κ3) is 2.70. The zero-order chi connectivity index (χ0) is 18.4. The topological polar surface area (TPSA) is 32.3 Å². The van der Waals surface area contributed by atoms with Crippen LogP contribution in [0, 0.1) is 5.92 Å². The molecule has 26 heavy (non-hydrogen) atoms. The second-order valence-corrected chi connectivity index (χ2v) is 7.89. The van der Waals surface area contributed by atoms with Crippen molar-refractivity contribution >= 4 is 34.8 Å². The van der Waals surface area contributed by atoms with Crippen molar-refractivity contribution in [2.45, 2.75) is 18.4 Å². The van der Waals surface area contributed by atoms with Gasteiger partial charge >= 0.3 is 0 Å². The van der Waals surface area contributed by atoms with Crippen LogP contribution >= 0.6 is 23.2 Å². The molecule has 0 radical (unpaired) electrons. The summed E-state index contributed by atoms with van der Waals surface area (Å²) in [5.74, 6) is 0.557. The lowest BCUT2D eigenvalue weighted by Crippen LogP contribution is -2.32. The second kappa shape index (κ2) is 6.64. The molecule has 5 heteroatoms. The number of benzene rings is 2. The van der Waals surface area contributed by atoms with Gasteiger partial charge in [0, 0.05) is 35.6 Å². The molecule has 1 N–H and O–H groups in total. The van der Waals surface area contributed by atoms with Gasteiger partial charge in [-0.05, 0) is 36.1 Å². The minimum Gasteiger partial charge on any atom is -0.377 e. The van der Waals surface area contributed by atoms with Crippen LogP contribution in [0.1, 0.15) is 39.9 Å². The number of carbonyl (C=O) groups excluding carboxylic acids is 1. The average molecular weight is 387 g/mol. The number of amides is 1. The van der Waals surface area contributed by atoms with E-state index in [9.17, 15) is 4.79 Å². The number of fused-ring (bicyclic) bond motifs is 3. The van der Waals surface area contributed by atoms with Crippen LogP contribution in [-0.2, 0) is 0 Å². The molecule has 3 unspecified atom stereocenters. The highest BCUT2D eigenvalue weighted by Crippen LogP contribution is 2.52. The Morgan fingerprint density at radius 2 is 1.81 bits per heavy atom. The Kier molecular flexibility index (Phi) is 4.45. The molecule has 1 amide bonds. The highest BCUT2D eigenvalue weighted by Gasteiger charge is 2.40. The number of nitrogens with one attached hydrogen (secondary N) is 1. The first-order chi connectivity index (χ1) is 12.5. The van der Waals surface area contributed by atoms with Crippen LogP contribution in [0.3, 0.4) is 0 Å². The molecule has 1 heterocycles. The van der Waals surface area contributed by atoms with E-state index in [1.807, 2.05) is 30.3 Å². The number of nitrogens with zero attached hydrogens (tertiary/aromatic N) is 1. The van der Waals surface area contributed by atoms with Crippen molar-refractivity contribution < 1.29 is 4.79 Å². The van der Waals surface area contributed by atoms with Gasteiger partial charge in [0.15, 0.2) is 0 Å². The van der Waals surface area contributed by atoms with E-state index in [0.29, 0.717) is 21.5 Å². The molecule has 3 atom stereocenters. The van der Waals surface area contributed by atoms with Gasteiger partial charge < -0.3 is 10.2 Å². The van der Waals surface area contributed by atoms with E-state index in [4.69, 9.17) is 23.2 Å². The average Bonchev–Trinajstić information content (AvgIpc) is 3.10. The molecule has 1 aliphatic carbocycles. The lowest BCUT2D eigenvalue weighted by Gasteiger charge is -2.39. The van der Waals surface area contributed by atoms with Crippen LogP contribution in [0.5, 0.6) is 0 Å². The molecule has 2 aliphatic rings. The Balaban J connectivity index is 1.87. The van der Waals surface area contributed by atoms with E-state index in [2.05, 4.69) is 23.5 Å². The SMILES string of the molecule is CN(C)C(=O)c1cccc2c1NC(c1c(Cl)cccc1Cl)C1CC=CC21. The van der Waals surface area contributed by atoms with Gasteiger partial charge in [0.2, 0.25) is 0 Å². The number of hydrogen-bond donors (Lipinski definition) is 1. The molecule has 0 saturated heterocycles. The number of rotatable bonds is 2. The fourth-order valence-corrected chi connectivity index (χ4v) is 4.77. The van der Waals surface area contributed by atoms with Crippen molar-refractivity contribution in [3.05, 3.63) is 75.3 Å². The fourth-order valence-electron chi connectivity index (χ4n) is 4.13. The third-order valence-electron chi connectivity index (χ3n) is 5.34. The van der Waals surface area contributed by atoms with E-state index in [0.717, 1.165) is 23.2 Å². The Bertz CT molecular complexity index is 887. The smallest absolute Gasteiger partial charge is 0.255 e. The molecule has 0 bridgehead atoms. The lowest BCUT2D eigenvalue weighted by molar-refractivity contribution is 0.0828. The van der Waals surface area contributed by atoms with Gasteiger partial charge in [0.25, 0.3) is 5.91 Å². The first kappa shape index (κ1) is 17.4. The Morgan fingerprint density at radius 1 is 1.12 bits per heavy atom. The van der Waals surface area contributed by atoms with E-state index in [1.54, 1.807) is 19.0 Å². The monoisotopic (exact) mass is 386 g/mol. The summed E-state index contributed by atoms with van der Waals surface area (Å²) in [6.07, 6.45) is 5.41. The normalized spacial score (nSPS) is 23.2. The van der Waals surface area contributed by atoms with Crippen LogP contribution in [0.25, 0.3) is 0 Å². The van der Waals surface area contributed by atoms with Gasteiger partial charge in [-0.25, -0.2) is 0 Å². The Hall–Kier alpha value is -1.97. The van der Waals surface area contributed by atoms with Gasteiger partial charge in [-0.2, -0.15) is 0 Å². The maximum atomic E-state index is 12.7. The summed E-state index contributed by atoms with van der Waals surface area (Å²) in [6.45, 7) is 0. The number of para-hydroxylation sites is 1. The first-order valence-electron chi connectivity index (χ1n) is 8.70. The number of hydrogen-bond acceptors (Lipinski definition) is 2. The summed E-state index contributed by atoms with van der Waals surface area (Å²) in [4.78, 5) is 14.3. The summed E-state index contributed by atoms with van der Waals surface area (Å²) in [5.41, 5.74) is 3.64. The van der Waals surface area contributed by atoms with Crippen LogP contribution < -0.4 is 5.32 Å². The predicted octanol–water partition coefficient (Wildman–Crippen LogP) is 5.52. The van der Waals surface area contributed by atoms with E-state index < -0.39 is 0 Å². The first-order valence-corrected chi connectivity index (χ1v) is 9.46. The number of anilines is 1. The Morgan fingerprint density at radius 3 is 2.50 bits per heavy atom. The second-order valence-electron chi connectivity index (χ2n) is 7.08. The standard InChI is InChI=1S/C21H20Cl2N2O/c1-25(2)21(26)15-9-4-7-13-12-6-3-8-14(12)20(24-19(13)15)18-16(22)10-5-11-17(18)23/h3-7,9-12,14,20,24H,8H2,1-2H3. The molecule has 2 aromatic rings. The van der Waals surface area contributed by atoms with Crippen molar-refractivity contribution in [2.75, 3.05) is 19.4 Å². The molecule has 0 spiro atoms. The fraction of sp³-hybridized carbons (Fsp3) is 0.286. The van der Waals surface area contributed by atoms with Gasteiger partial charge in [-0.1, -0.05) is 53.6 Å². The van der Waals surface area contributed by atoms with Crippen LogP contribution in [-0.4, -0.2) is 24.9 Å². The van der Waals surface area contributed by atoms with Gasteiger partial charge in [0.1, 0.15) is 0 Å². The van der Waals surface area contributed by atoms with Crippen molar-refractivity contribution in [2.24, 2.45) is 5.92 Å². The predicted molar refractivity (Wildman–Crippen MR) is 107 cm³/mol. The molecular formula is C21H20Cl2N2O. The lowest BCUT2D eigenvalue weighted by atomic mass is 9.76. The van der Waals surface area contributed by atoms with Gasteiger partial charge in [-0.3, -0.25) is 4.79 Å². The molecule has 2 aromatic carbocycles. The van der Waals surface area contributed by atoms with Gasteiger partial charge in [-0.15, -0.1) is 0 Å². The molecule has 1 aliphatic heterocycles. The van der Waals surface area contributed by atoms with Crippen molar-refractivity contribution in [1.29, 1.82) is 0 Å². The molecular weight excluding hydrogens is 367 g/mol. The molecule has 0 aromatic heterocycles. The minimum absolute atomic E-state index is 0.0150. The van der Waals surface area contributed by atoms with Crippen molar-refractivity contribution in [3.63, 3.8) is 0 Å². The van der Waals surface area contributed by atoms with E-state index in [1.165, 1.54) is 0 Å². The quantitative estimate of drug-likeness (QED) is 0.688. The maximum absolute atomic E-state index is 12.7. The van der Waals surface area contributed by atoms with Crippen molar-refractivity contribution in [3.8, 4) is 0 Å². The number of halogens is 2. The summed E-state index contributed by atoms with van der Waals surface area (Å²) >= 11 is 13.0. The zero-order valence-electron chi connectivity index (χ0n) is 14.7. The largest absolute Gasteiger partial charge is 0.377 e. The van der Waals surface area contributed by atoms with Crippen LogP contribution in [0.15, 0.2) is 48.6 Å². The molecule has 0 fully saturated rings. The third-order valence-corrected chi connectivity index (χ3v) is 6.00. The molecule has 0 saturated carbocycles. The Labute approximate surface area is 163 Å². The molecule has 4 rings (SSSR count). The highest BCUT2D eigenvalue weighted by atomic mass is 35.5. The summed E-state index contributed by atoms with van der Waals surface area (Å²) in [5, 5.41) is 4.92. The highest BCUT2D eigenvalue weighted by molar-refractivity contribution is 6.36. The molecule has 3 nitrogen and oxygen atoms in total. The van der Waals surface area contributed by atoms with Crippen LogP contribution in [0.4, 0.5) is 5.69 Å². The van der Waals surface area contributed by atoms with Crippen LogP contribution in [0.2, 0.25) is 10.0 Å². The van der Waals surface area contributed by atoms with Gasteiger partial charge in [0.05, 0.1) is 17.3 Å². The van der Waals surface area contributed by atoms with E-state index >= 15 is 0 Å². The number of carbonyl (C=O) groups is 1. The van der Waals surface area contributed by atoms with Crippen molar-refractivity contribution in [1.82, 2.24) is 4.90 Å². The summed E-state index contributed by atoms with van der Waals surface area (Å²) in [6, 6.07) is 11.5. The van der Waals surface area contributed by atoms with E-state index in [-0.39, 0.29) is 17.9 Å². The summed E-state index contributed by atoms with van der Waals surface area (Å²) < 4.78 is 0. The number of allylic oxidation sites excluding steroid dienone is 2.